The van der Waals surface area contributed by atoms with Gasteiger partial charge in [0.1, 0.15) is 5.88 Å². The number of alkyl halides is 1. The monoisotopic (exact) mass is 221 g/mol. The molecule has 0 bridgehead atoms. The molecule has 3 heteroatoms. The number of rotatable bonds is 2. The molecule has 0 radical (unpaired) electrons. The van der Waals surface area contributed by atoms with Crippen molar-refractivity contribution in [2.24, 2.45) is 0 Å². The van der Waals surface area contributed by atoms with Gasteiger partial charge in [-0.3, -0.25) is 4.79 Å². The van der Waals surface area contributed by atoms with Crippen molar-refractivity contribution in [1.29, 1.82) is 0 Å². The van der Waals surface area contributed by atoms with E-state index in [-0.39, 0.29) is 11.8 Å². The van der Waals surface area contributed by atoms with Crippen LogP contribution >= 0.6 is 11.6 Å². The molecular formula is C12H12ClNO. The lowest BCUT2D eigenvalue weighted by Gasteiger charge is -2.11. The van der Waals surface area contributed by atoms with Crippen LogP contribution in [0.1, 0.15) is 12.8 Å². The summed E-state index contributed by atoms with van der Waals surface area (Å²) in [5, 5.41) is 5.15. The summed E-state index contributed by atoms with van der Waals surface area (Å²) in [5.41, 5.74) is 0.985. The van der Waals surface area contributed by atoms with E-state index in [0.717, 1.165) is 23.8 Å². The molecule has 0 saturated carbocycles. The second-order valence-corrected chi connectivity index (χ2v) is 3.76. The van der Waals surface area contributed by atoms with Gasteiger partial charge in [-0.05, 0) is 18.1 Å². The van der Waals surface area contributed by atoms with Crippen molar-refractivity contribution in [1.82, 2.24) is 5.32 Å². The van der Waals surface area contributed by atoms with Gasteiger partial charge >= 0.3 is 0 Å². The molecule has 78 valence electrons. The van der Waals surface area contributed by atoms with Gasteiger partial charge in [0.25, 0.3) is 0 Å². The predicted octanol–water partition coefficient (Wildman–Crippen LogP) is 0.724. The molecule has 0 fully saturated rings. The molecule has 15 heavy (non-hydrogen) atoms. The Balaban J connectivity index is 2.47. The minimum atomic E-state index is -0.136. The van der Waals surface area contributed by atoms with Crippen LogP contribution in [0, 0.1) is 0 Å². The molecule has 0 unspecified atom stereocenters. The second kappa shape index (κ2) is 4.49. The quantitative estimate of drug-likeness (QED) is 0.733. The van der Waals surface area contributed by atoms with E-state index in [0.29, 0.717) is 0 Å². The summed E-state index contributed by atoms with van der Waals surface area (Å²) >= 11 is 5.47. The number of hydrogen-bond acceptors (Lipinski definition) is 1. The Hall–Kier alpha value is -1.28. The lowest BCUT2D eigenvalue weighted by Crippen LogP contribution is -2.36. The molecule has 1 aromatic rings. The summed E-state index contributed by atoms with van der Waals surface area (Å²) in [6.45, 7) is 0. The molecule has 0 aliphatic heterocycles. The van der Waals surface area contributed by atoms with Crippen molar-refractivity contribution >= 4 is 29.3 Å². The highest BCUT2D eigenvalue weighted by atomic mass is 35.5. The molecule has 1 N–H and O–H groups in total. The average Bonchev–Trinajstić information content (AvgIpc) is 2.29. The third-order valence-corrected chi connectivity index (χ3v) is 2.70. The summed E-state index contributed by atoms with van der Waals surface area (Å²) in [6.07, 6.45) is 4.03. The summed E-state index contributed by atoms with van der Waals surface area (Å²) in [5.74, 6) is -0.126. The highest BCUT2D eigenvalue weighted by Gasteiger charge is 2.06. The van der Waals surface area contributed by atoms with Gasteiger partial charge in [-0.25, -0.2) is 0 Å². The van der Waals surface area contributed by atoms with Gasteiger partial charge in [0.2, 0.25) is 5.91 Å². The highest BCUT2D eigenvalue weighted by molar-refractivity contribution is 6.27. The SMILES string of the molecule is O=C(CCl)NC1=c2ccccc2=CCC1. The Labute approximate surface area is 93.3 Å². The Kier molecular flexibility index (Phi) is 3.07. The maximum absolute atomic E-state index is 11.2. The van der Waals surface area contributed by atoms with Crippen LogP contribution in [-0.4, -0.2) is 11.8 Å². The molecule has 1 aromatic carbocycles. The van der Waals surface area contributed by atoms with E-state index in [1.54, 1.807) is 0 Å². The fraction of sp³-hybridized carbons (Fsp3) is 0.250. The summed E-state index contributed by atoms with van der Waals surface area (Å²) in [6, 6.07) is 8.06. The number of benzene rings is 1. The zero-order valence-corrected chi connectivity index (χ0v) is 9.05. The van der Waals surface area contributed by atoms with E-state index < -0.39 is 0 Å². The number of fused-ring (bicyclic) bond motifs is 1. The number of carbonyl (C=O) groups is 1. The van der Waals surface area contributed by atoms with Gasteiger partial charge in [-0.15, -0.1) is 11.6 Å². The maximum atomic E-state index is 11.2. The van der Waals surface area contributed by atoms with E-state index >= 15 is 0 Å². The van der Waals surface area contributed by atoms with Crippen LogP contribution in [0.25, 0.3) is 11.8 Å². The number of carbonyl (C=O) groups excluding carboxylic acids is 1. The average molecular weight is 222 g/mol. The first-order chi connectivity index (χ1) is 7.31. The van der Waals surface area contributed by atoms with Gasteiger partial charge in [-0.2, -0.15) is 0 Å². The van der Waals surface area contributed by atoms with Crippen molar-refractivity contribution in [2.45, 2.75) is 12.8 Å². The molecule has 1 aliphatic rings. The number of amides is 1. The van der Waals surface area contributed by atoms with Crippen molar-refractivity contribution in [2.75, 3.05) is 5.88 Å². The van der Waals surface area contributed by atoms with Crippen LogP contribution in [0.15, 0.2) is 24.3 Å². The Morgan fingerprint density at radius 1 is 1.40 bits per heavy atom. The van der Waals surface area contributed by atoms with Crippen molar-refractivity contribution in [3.05, 3.63) is 34.7 Å². The van der Waals surface area contributed by atoms with Crippen LogP contribution in [0.3, 0.4) is 0 Å². The molecule has 0 spiro atoms. The summed E-state index contributed by atoms with van der Waals surface area (Å²) in [4.78, 5) is 11.2. The number of halogens is 1. The van der Waals surface area contributed by atoms with Crippen molar-refractivity contribution in [3.63, 3.8) is 0 Å². The van der Waals surface area contributed by atoms with Gasteiger partial charge < -0.3 is 5.32 Å². The topological polar surface area (TPSA) is 29.1 Å². The van der Waals surface area contributed by atoms with Gasteiger partial charge in [0, 0.05) is 10.9 Å². The summed E-state index contributed by atoms with van der Waals surface area (Å²) in [7, 11) is 0. The van der Waals surface area contributed by atoms with Crippen LogP contribution in [0.2, 0.25) is 0 Å². The van der Waals surface area contributed by atoms with E-state index in [1.807, 2.05) is 18.2 Å². The first kappa shape index (κ1) is 10.2. The summed E-state index contributed by atoms with van der Waals surface area (Å²) < 4.78 is 0. The second-order valence-electron chi connectivity index (χ2n) is 3.49. The standard InChI is InChI=1S/C12H12ClNO/c13-8-12(15)14-11-7-3-5-9-4-1-2-6-10(9)11/h1-2,4-6H,3,7-8H2,(H,14,15). The smallest absolute Gasteiger partial charge is 0.239 e. The molecule has 1 amide bonds. The van der Waals surface area contributed by atoms with Crippen LogP contribution in [0.5, 0.6) is 0 Å². The Morgan fingerprint density at radius 2 is 2.20 bits per heavy atom. The van der Waals surface area contributed by atoms with Gasteiger partial charge in [0.05, 0.1) is 0 Å². The third-order valence-electron chi connectivity index (χ3n) is 2.46. The Bertz CT molecular complexity index is 493. The predicted molar refractivity (Wildman–Crippen MR) is 61.7 cm³/mol. The number of hydrogen-bond donors (Lipinski definition) is 1. The van der Waals surface area contributed by atoms with Gasteiger partial charge in [0.15, 0.2) is 0 Å². The van der Waals surface area contributed by atoms with Crippen LogP contribution in [0.4, 0.5) is 0 Å². The molecule has 0 aromatic heterocycles. The molecular weight excluding hydrogens is 210 g/mol. The molecule has 0 saturated heterocycles. The molecule has 2 rings (SSSR count). The van der Waals surface area contributed by atoms with E-state index in [1.165, 1.54) is 5.22 Å². The highest BCUT2D eigenvalue weighted by Crippen LogP contribution is 2.04. The van der Waals surface area contributed by atoms with E-state index in [9.17, 15) is 4.79 Å². The zero-order chi connectivity index (χ0) is 10.7. The third kappa shape index (κ3) is 2.21. The first-order valence-electron chi connectivity index (χ1n) is 4.95. The van der Waals surface area contributed by atoms with Crippen molar-refractivity contribution in [3.8, 4) is 0 Å². The first-order valence-corrected chi connectivity index (χ1v) is 5.49. The van der Waals surface area contributed by atoms with E-state index in [2.05, 4.69) is 17.5 Å². The zero-order valence-electron chi connectivity index (χ0n) is 8.29. The van der Waals surface area contributed by atoms with Crippen LogP contribution in [-0.2, 0) is 4.79 Å². The molecule has 0 atom stereocenters. The molecule has 0 heterocycles. The minimum absolute atomic E-state index is 0.00931. The van der Waals surface area contributed by atoms with Gasteiger partial charge in [-0.1, -0.05) is 30.3 Å². The maximum Gasteiger partial charge on any atom is 0.239 e. The van der Waals surface area contributed by atoms with Crippen LogP contribution < -0.4 is 15.8 Å². The Morgan fingerprint density at radius 3 is 3.00 bits per heavy atom. The normalized spacial score (nSPS) is 14.1. The van der Waals surface area contributed by atoms with Crippen molar-refractivity contribution < 1.29 is 4.79 Å². The molecule has 2 nitrogen and oxygen atoms in total. The minimum Gasteiger partial charge on any atom is -0.328 e. The fourth-order valence-corrected chi connectivity index (χ4v) is 1.85. The van der Waals surface area contributed by atoms with E-state index in [4.69, 9.17) is 11.6 Å². The lowest BCUT2D eigenvalue weighted by atomic mass is 10.0. The number of nitrogens with one attached hydrogen (secondary N) is 1. The molecule has 1 aliphatic carbocycles. The largest absolute Gasteiger partial charge is 0.328 e. The lowest BCUT2D eigenvalue weighted by molar-refractivity contribution is -0.117. The fourth-order valence-electron chi connectivity index (χ4n) is 1.79.